The monoisotopic (exact) mass is 738 g/mol. The number of fused-ring (bicyclic) bond motifs is 12. The number of aromatic nitrogens is 4. The minimum absolute atomic E-state index is 0.0787. The summed E-state index contributed by atoms with van der Waals surface area (Å²) in [4.78, 5) is 4.80. The lowest BCUT2D eigenvalue weighted by Gasteiger charge is -2.35. The van der Waals surface area contributed by atoms with Crippen molar-refractivity contribution in [2.75, 3.05) is 9.80 Å². The van der Waals surface area contributed by atoms with Crippen LogP contribution in [0.25, 0.3) is 77.6 Å². The van der Waals surface area contributed by atoms with Crippen LogP contribution < -0.4 is 26.2 Å². The fraction of sp³-hybridized carbons (Fsp3) is 0. The Morgan fingerprint density at radius 1 is 0.431 bits per heavy atom. The third kappa shape index (κ3) is 3.34. The van der Waals surface area contributed by atoms with E-state index in [1.807, 2.05) is 0 Å². The van der Waals surface area contributed by atoms with Gasteiger partial charge in [0.1, 0.15) is 22.6 Å². The van der Waals surface area contributed by atoms with E-state index in [1.165, 1.54) is 16.4 Å². The molecule has 15 rings (SSSR count). The zero-order chi connectivity index (χ0) is 37.4. The van der Waals surface area contributed by atoms with E-state index in [0.29, 0.717) is 0 Å². The second-order valence-corrected chi connectivity index (χ2v) is 15.8. The highest BCUT2D eigenvalue weighted by Crippen LogP contribution is 2.54. The smallest absolute Gasteiger partial charge is 0.252 e. The average Bonchev–Trinajstić information content (AvgIpc) is 4.00. The molecule has 0 fully saturated rings. The van der Waals surface area contributed by atoms with Crippen LogP contribution >= 0.6 is 0 Å². The first-order chi connectivity index (χ1) is 28.8. The van der Waals surface area contributed by atoms with E-state index in [1.54, 1.807) is 0 Å². The highest BCUT2D eigenvalue weighted by molar-refractivity contribution is 7.00. The van der Waals surface area contributed by atoms with E-state index < -0.39 is 0 Å². The summed E-state index contributed by atoms with van der Waals surface area (Å²) in [5.41, 5.74) is 20.7. The van der Waals surface area contributed by atoms with Gasteiger partial charge in [-0.2, -0.15) is 10.2 Å². The zero-order valence-corrected chi connectivity index (χ0v) is 30.8. The summed E-state index contributed by atoms with van der Waals surface area (Å²) >= 11 is 0. The van der Waals surface area contributed by atoms with Gasteiger partial charge < -0.3 is 14.2 Å². The number of furan rings is 1. The fourth-order valence-electron chi connectivity index (χ4n) is 10.8. The van der Waals surface area contributed by atoms with Crippen LogP contribution in [0.5, 0.6) is 0 Å². The maximum Gasteiger partial charge on any atom is 0.252 e. The molecule has 58 heavy (non-hydrogen) atoms. The van der Waals surface area contributed by atoms with Crippen molar-refractivity contribution in [2.24, 2.45) is 0 Å². The molecule has 7 nitrogen and oxygen atoms in total. The largest absolute Gasteiger partial charge is 0.456 e. The maximum absolute atomic E-state index is 6.79. The van der Waals surface area contributed by atoms with Crippen molar-refractivity contribution < 1.29 is 4.42 Å². The third-order valence-electron chi connectivity index (χ3n) is 13.0. The molecule has 11 aromatic rings. The van der Waals surface area contributed by atoms with Crippen LogP contribution in [0.1, 0.15) is 0 Å². The molecule has 0 spiro atoms. The van der Waals surface area contributed by atoms with Gasteiger partial charge in [0.25, 0.3) is 6.71 Å². The molecule has 0 radical (unpaired) electrons. The Balaban J connectivity index is 1.12. The molecule has 266 valence electrons. The van der Waals surface area contributed by atoms with Crippen LogP contribution in [0.15, 0.2) is 168 Å². The van der Waals surface area contributed by atoms with Gasteiger partial charge in [-0.05, 0) is 71.0 Å². The lowest BCUT2D eigenvalue weighted by Crippen LogP contribution is -2.59. The number of benzene rings is 8. The Morgan fingerprint density at radius 2 is 0.966 bits per heavy atom. The van der Waals surface area contributed by atoms with E-state index in [2.05, 4.69) is 183 Å². The van der Waals surface area contributed by atoms with Crippen LogP contribution in [-0.2, 0) is 0 Å². The summed E-state index contributed by atoms with van der Waals surface area (Å²) in [5, 5.41) is 15.7. The first-order valence-electron chi connectivity index (χ1n) is 19.8. The topological polar surface area (TPSA) is 55.3 Å². The van der Waals surface area contributed by atoms with Crippen LogP contribution in [0.3, 0.4) is 0 Å². The molecule has 0 saturated carbocycles. The van der Waals surface area contributed by atoms with Gasteiger partial charge in [0, 0.05) is 34.0 Å². The zero-order valence-electron chi connectivity index (χ0n) is 30.8. The summed E-state index contributed by atoms with van der Waals surface area (Å²) in [6, 6.07) is 58.8. The minimum atomic E-state index is -0.0787. The molecular weight excluding hydrogens is 711 g/mol. The average molecular weight is 739 g/mol. The van der Waals surface area contributed by atoms with Crippen molar-refractivity contribution in [1.82, 2.24) is 19.6 Å². The van der Waals surface area contributed by atoms with Crippen LogP contribution in [0.2, 0.25) is 0 Å². The van der Waals surface area contributed by atoms with Crippen molar-refractivity contribution in [3.05, 3.63) is 164 Å². The molecule has 7 heterocycles. The van der Waals surface area contributed by atoms with Crippen molar-refractivity contribution in [3.8, 4) is 33.9 Å². The number of hydrogen-bond donors (Lipinski definition) is 0. The Hall–Kier alpha value is -7.84. The Kier molecular flexibility index (Phi) is 5.14. The first-order valence-corrected chi connectivity index (χ1v) is 19.8. The van der Waals surface area contributed by atoms with E-state index in [4.69, 9.17) is 14.6 Å². The second kappa shape index (κ2) is 10.1. The highest BCUT2D eigenvalue weighted by Gasteiger charge is 2.45. The van der Waals surface area contributed by atoms with Gasteiger partial charge in [0.15, 0.2) is 0 Å². The Labute approximate surface area is 331 Å². The Morgan fingerprint density at radius 3 is 1.60 bits per heavy atom. The molecule has 0 bridgehead atoms. The van der Waals surface area contributed by atoms with Crippen molar-refractivity contribution >= 4 is 101 Å². The maximum atomic E-state index is 6.79. The molecule has 0 unspecified atom stereocenters. The molecule has 0 aliphatic carbocycles. The van der Waals surface area contributed by atoms with E-state index in [0.717, 1.165) is 112 Å². The summed E-state index contributed by atoms with van der Waals surface area (Å²) in [5.74, 6) is 0. The summed E-state index contributed by atoms with van der Waals surface area (Å²) in [6.45, 7) is -0.0787. The second-order valence-electron chi connectivity index (χ2n) is 15.8. The van der Waals surface area contributed by atoms with Gasteiger partial charge >= 0.3 is 0 Å². The summed E-state index contributed by atoms with van der Waals surface area (Å²) < 4.78 is 11.3. The van der Waals surface area contributed by atoms with Gasteiger partial charge in [-0.25, -0.2) is 9.36 Å². The molecule has 4 aliphatic rings. The van der Waals surface area contributed by atoms with Crippen LogP contribution in [0, 0.1) is 0 Å². The molecule has 8 aromatic carbocycles. The minimum Gasteiger partial charge on any atom is -0.456 e. The lowest BCUT2D eigenvalue weighted by atomic mass is 9.34. The number of para-hydroxylation sites is 5. The Bertz CT molecular complexity index is 3660. The molecule has 0 saturated heterocycles. The van der Waals surface area contributed by atoms with Crippen molar-refractivity contribution in [1.29, 1.82) is 0 Å². The van der Waals surface area contributed by atoms with Gasteiger partial charge in [-0.1, -0.05) is 103 Å². The molecule has 8 heteroatoms. The summed E-state index contributed by atoms with van der Waals surface area (Å²) in [6.07, 6.45) is 0. The number of hydrogen-bond acceptors (Lipinski definition) is 5. The van der Waals surface area contributed by atoms with E-state index >= 15 is 0 Å². The summed E-state index contributed by atoms with van der Waals surface area (Å²) in [7, 11) is 0. The molecule has 0 N–H and O–H groups in total. The first kappa shape index (κ1) is 29.5. The lowest BCUT2D eigenvalue weighted by molar-refractivity contribution is 0.668. The normalized spacial score (nSPS) is 13.8. The van der Waals surface area contributed by atoms with E-state index in [9.17, 15) is 0 Å². The van der Waals surface area contributed by atoms with Crippen LogP contribution in [-0.4, -0.2) is 26.3 Å². The predicted octanol–water partition coefficient (Wildman–Crippen LogP) is 10.3. The SMILES string of the molecule is c1ccc(N2c3ccccc3-c3nn4c5c(ccc2c35)B2c3c-4cc4oc5ccccc5c4c3-n3nc4c5c(ccc2c53)N(c2ccccc2)c2ccccc2-4)cc1. The number of anilines is 6. The number of rotatable bonds is 2. The van der Waals surface area contributed by atoms with Gasteiger partial charge in [-0.3, -0.25) is 0 Å². The predicted molar refractivity (Wildman–Crippen MR) is 235 cm³/mol. The molecule has 0 atom stereocenters. The molecular formula is C50H27BN6O. The standard InChI is InChI=1S/C50H27BN6O/c1-3-13-28(14-4-1)54-35-20-10-7-17-30(35)46-43-37(54)25-23-33-48(43)56(52-46)39-27-41-42(32-19-9-12-22-40(32)58-41)50-45(39)51(33)34-24-26-38-44-47(53-57(50)49(34)44)31-18-8-11-21-36(31)55(38)29-15-5-2-6-16-29/h1-27H. The highest BCUT2D eigenvalue weighted by atomic mass is 16.3. The van der Waals surface area contributed by atoms with Crippen molar-refractivity contribution in [3.63, 3.8) is 0 Å². The molecule has 0 amide bonds. The quantitative estimate of drug-likeness (QED) is 0.165. The fourth-order valence-corrected chi connectivity index (χ4v) is 10.8. The molecule has 3 aromatic heterocycles. The molecule has 4 aliphatic heterocycles. The van der Waals surface area contributed by atoms with E-state index in [-0.39, 0.29) is 6.71 Å². The van der Waals surface area contributed by atoms with Crippen molar-refractivity contribution in [2.45, 2.75) is 0 Å². The third-order valence-corrected chi connectivity index (χ3v) is 13.0. The van der Waals surface area contributed by atoms with Gasteiger partial charge in [-0.15, -0.1) is 0 Å². The number of nitrogens with zero attached hydrogens (tertiary/aromatic N) is 6. The van der Waals surface area contributed by atoms with Gasteiger partial charge in [0.05, 0.1) is 61.3 Å². The van der Waals surface area contributed by atoms with Crippen LogP contribution in [0.4, 0.5) is 34.1 Å². The van der Waals surface area contributed by atoms with Gasteiger partial charge in [0.2, 0.25) is 0 Å².